The molecule has 0 bridgehead atoms. The first kappa shape index (κ1) is 15.3. The van der Waals surface area contributed by atoms with Crippen molar-refractivity contribution in [3.63, 3.8) is 0 Å². The van der Waals surface area contributed by atoms with Gasteiger partial charge in [-0.05, 0) is 23.8 Å². The normalized spacial score (nSPS) is 12.7. The fraction of sp³-hybridized carbons (Fsp3) is 0.0417. The van der Waals surface area contributed by atoms with E-state index in [0.717, 1.165) is 44.9 Å². The molecule has 6 rings (SSSR count). The van der Waals surface area contributed by atoms with Crippen molar-refractivity contribution in [1.82, 2.24) is 9.97 Å². The number of aromatic nitrogens is 2. The molecule has 0 atom stereocenters. The molecule has 28 heavy (non-hydrogen) atoms. The first-order valence-electron chi connectivity index (χ1n) is 9.23. The number of rotatable bonds is 2. The van der Waals surface area contributed by atoms with Gasteiger partial charge in [0.15, 0.2) is 11.5 Å². The van der Waals surface area contributed by atoms with Gasteiger partial charge in [-0.2, -0.15) is 0 Å². The fourth-order valence-electron chi connectivity index (χ4n) is 3.96. The van der Waals surface area contributed by atoms with Crippen molar-refractivity contribution in [3.8, 4) is 33.9 Å². The zero-order chi connectivity index (χ0) is 18.5. The third-order valence-corrected chi connectivity index (χ3v) is 5.27. The highest BCUT2D eigenvalue weighted by Crippen LogP contribution is 2.41. The van der Waals surface area contributed by atoms with Crippen LogP contribution in [0.15, 0.2) is 79.0 Å². The smallest absolute Gasteiger partial charge is 0.231 e. The van der Waals surface area contributed by atoms with Gasteiger partial charge in [0.05, 0.1) is 11.2 Å². The van der Waals surface area contributed by atoms with E-state index in [-0.39, 0.29) is 6.79 Å². The quantitative estimate of drug-likeness (QED) is 0.432. The number of ether oxygens (including phenoxy) is 2. The molecule has 1 N–H and O–H groups in total. The summed E-state index contributed by atoms with van der Waals surface area (Å²) in [4.78, 5) is 8.43. The number of nitrogens with zero attached hydrogens (tertiary/aromatic N) is 1. The zero-order valence-corrected chi connectivity index (χ0v) is 15.0. The molecular weight excluding hydrogens is 348 g/mol. The Kier molecular flexibility index (Phi) is 3.20. The lowest BCUT2D eigenvalue weighted by Crippen LogP contribution is -1.92. The Morgan fingerprint density at radius 1 is 0.786 bits per heavy atom. The average molecular weight is 364 g/mol. The summed E-state index contributed by atoms with van der Waals surface area (Å²) in [6.45, 7) is 0.270. The Labute approximate surface area is 161 Å². The number of hydrogen-bond donors (Lipinski definition) is 1. The Balaban J connectivity index is 1.69. The minimum Gasteiger partial charge on any atom is -0.454 e. The van der Waals surface area contributed by atoms with Crippen molar-refractivity contribution >= 4 is 21.8 Å². The second-order valence-electron chi connectivity index (χ2n) is 6.88. The number of fused-ring (bicyclic) bond motifs is 4. The van der Waals surface area contributed by atoms with Gasteiger partial charge in [0, 0.05) is 33.6 Å². The predicted octanol–water partition coefficient (Wildman–Crippen LogP) is 5.78. The maximum atomic E-state index is 5.58. The van der Waals surface area contributed by atoms with Gasteiger partial charge in [-0.3, -0.25) is 4.98 Å². The van der Waals surface area contributed by atoms with Crippen molar-refractivity contribution in [2.45, 2.75) is 0 Å². The monoisotopic (exact) mass is 364 g/mol. The second-order valence-corrected chi connectivity index (χ2v) is 6.88. The molecule has 134 valence electrons. The summed E-state index contributed by atoms with van der Waals surface area (Å²) in [5, 5.41) is 2.35. The van der Waals surface area contributed by atoms with Crippen LogP contribution < -0.4 is 9.47 Å². The van der Waals surface area contributed by atoms with Crippen LogP contribution in [0.1, 0.15) is 0 Å². The number of hydrogen-bond acceptors (Lipinski definition) is 3. The Bertz CT molecular complexity index is 1340. The SMILES string of the molecule is c1ccc(-c2ncc(-c3ccc4c(c3)OCO4)c3c2[nH]c2ccccc23)cc1. The van der Waals surface area contributed by atoms with Gasteiger partial charge in [-0.15, -0.1) is 0 Å². The summed E-state index contributed by atoms with van der Waals surface area (Å²) in [5.74, 6) is 1.56. The van der Waals surface area contributed by atoms with Crippen LogP contribution in [-0.4, -0.2) is 16.8 Å². The molecular formula is C24H16N2O2. The lowest BCUT2D eigenvalue weighted by molar-refractivity contribution is 0.174. The van der Waals surface area contributed by atoms with Crippen molar-refractivity contribution in [2.24, 2.45) is 0 Å². The summed E-state index contributed by atoms with van der Waals surface area (Å²) in [5.41, 5.74) is 6.33. The molecule has 4 heteroatoms. The summed E-state index contributed by atoms with van der Waals surface area (Å²) >= 11 is 0. The number of nitrogens with one attached hydrogen (secondary N) is 1. The van der Waals surface area contributed by atoms with Crippen molar-refractivity contribution in [3.05, 3.63) is 79.0 Å². The molecule has 0 unspecified atom stereocenters. The largest absolute Gasteiger partial charge is 0.454 e. The Morgan fingerprint density at radius 2 is 1.61 bits per heavy atom. The van der Waals surface area contributed by atoms with E-state index in [0.29, 0.717) is 0 Å². The van der Waals surface area contributed by atoms with E-state index in [1.165, 1.54) is 10.8 Å². The van der Waals surface area contributed by atoms with E-state index >= 15 is 0 Å². The van der Waals surface area contributed by atoms with Gasteiger partial charge in [0.2, 0.25) is 6.79 Å². The molecule has 0 amide bonds. The van der Waals surface area contributed by atoms with Gasteiger partial charge in [-0.25, -0.2) is 0 Å². The lowest BCUT2D eigenvalue weighted by atomic mass is 9.99. The van der Waals surface area contributed by atoms with Gasteiger partial charge in [0.25, 0.3) is 0 Å². The van der Waals surface area contributed by atoms with Crippen LogP contribution in [-0.2, 0) is 0 Å². The van der Waals surface area contributed by atoms with Crippen LogP contribution in [0, 0.1) is 0 Å². The highest BCUT2D eigenvalue weighted by Gasteiger charge is 2.19. The fourth-order valence-corrected chi connectivity index (χ4v) is 3.96. The van der Waals surface area contributed by atoms with E-state index in [1.54, 1.807) is 0 Å². The molecule has 0 fully saturated rings. The van der Waals surface area contributed by atoms with E-state index in [9.17, 15) is 0 Å². The van der Waals surface area contributed by atoms with E-state index in [4.69, 9.17) is 14.5 Å². The van der Waals surface area contributed by atoms with Crippen LogP contribution in [0.2, 0.25) is 0 Å². The molecule has 2 aromatic heterocycles. The molecule has 0 radical (unpaired) electrons. The zero-order valence-electron chi connectivity index (χ0n) is 15.0. The molecule has 5 aromatic rings. The van der Waals surface area contributed by atoms with Crippen molar-refractivity contribution in [2.75, 3.05) is 6.79 Å². The topological polar surface area (TPSA) is 47.1 Å². The maximum absolute atomic E-state index is 5.58. The Morgan fingerprint density at radius 3 is 2.54 bits per heavy atom. The standard InChI is InChI=1S/C24H16N2O2/c1-2-6-15(7-3-1)23-24-22(17-8-4-5-9-19(17)26-24)18(13-25-23)16-10-11-20-21(12-16)28-14-27-20/h1-13,26H,14H2. The molecule has 0 spiro atoms. The highest BCUT2D eigenvalue weighted by atomic mass is 16.7. The number of benzene rings is 3. The van der Waals surface area contributed by atoms with Crippen LogP contribution in [0.25, 0.3) is 44.2 Å². The molecule has 1 aliphatic rings. The molecule has 3 heterocycles. The van der Waals surface area contributed by atoms with Gasteiger partial charge in [0.1, 0.15) is 0 Å². The minimum atomic E-state index is 0.270. The summed E-state index contributed by atoms with van der Waals surface area (Å²) in [6.07, 6.45) is 1.96. The Hall–Kier alpha value is -3.79. The highest BCUT2D eigenvalue weighted by molar-refractivity contribution is 6.17. The third kappa shape index (κ3) is 2.21. The van der Waals surface area contributed by atoms with Crippen molar-refractivity contribution < 1.29 is 9.47 Å². The first-order chi connectivity index (χ1) is 13.9. The van der Waals surface area contributed by atoms with Crippen LogP contribution in [0.5, 0.6) is 11.5 Å². The van der Waals surface area contributed by atoms with Gasteiger partial charge >= 0.3 is 0 Å². The molecule has 0 saturated carbocycles. The third-order valence-electron chi connectivity index (χ3n) is 5.27. The molecule has 3 aromatic carbocycles. The van der Waals surface area contributed by atoms with Crippen LogP contribution >= 0.6 is 0 Å². The second kappa shape index (κ2) is 5.86. The molecule has 1 aliphatic heterocycles. The number of pyridine rings is 1. The number of H-pyrrole nitrogens is 1. The summed E-state index contributed by atoms with van der Waals surface area (Å²) < 4.78 is 11.0. The lowest BCUT2D eigenvalue weighted by Gasteiger charge is -2.09. The van der Waals surface area contributed by atoms with E-state index in [1.807, 2.05) is 42.6 Å². The molecule has 0 aliphatic carbocycles. The average Bonchev–Trinajstić information content (AvgIpc) is 3.38. The van der Waals surface area contributed by atoms with Gasteiger partial charge in [-0.1, -0.05) is 54.6 Å². The minimum absolute atomic E-state index is 0.270. The summed E-state index contributed by atoms with van der Waals surface area (Å²) in [6, 6.07) is 24.7. The van der Waals surface area contributed by atoms with Gasteiger partial charge < -0.3 is 14.5 Å². The predicted molar refractivity (Wildman–Crippen MR) is 111 cm³/mol. The summed E-state index contributed by atoms with van der Waals surface area (Å²) in [7, 11) is 0. The number of aromatic amines is 1. The first-order valence-corrected chi connectivity index (χ1v) is 9.23. The number of para-hydroxylation sites is 1. The van der Waals surface area contributed by atoms with Crippen LogP contribution in [0.3, 0.4) is 0 Å². The van der Waals surface area contributed by atoms with Crippen LogP contribution in [0.4, 0.5) is 0 Å². The molecule has 0 saturated heterocycles. The van der Waals surface area contributed by atoms with Crippen molar-refractivity contribution in [1.29, 1.82) is 0 Å². The molecule has 4 nitrogen and oxygen atoms in total. The van der Waals surface area contributed by atoms with E-state index < -0.39 is 0 Å². The maximum Gasteiger partial charge on any atom is 0.231 e. The van der Waals surface area contributed by atoms with E-state index in [2.05, 4.69) is 41.4 Å².